The number of hydrogen-bond donors (Lipinski definition) is 1. The van der Waals surface area contributed by atoms with E-state index in [9.17, 15) is 9.59 Å². The van der Waals surface area contributed by atoms with E-state index in [0.29, 0.717) is 23.7 Å². The lowest BCUT2D eigenvalue weighted by atomic mass is 10.1. The molecule has 154 valence electrons. The molecule has 0 saturated carbocycles. The normalized spacial score (nSPS) is 15.9. The second kappa shape index (κ2) is 9.45. The predicted molar refractivity (Wildman–Crippen MR) is 123 cm³/mol. The van der Waals surface area contributed by atoms with Gasteiger partial charge in [0.2, 0.25) is 5.91 Å². The zero-order valence-corrected chi connectivity index (χ0v) is 18.3. The van der Waals surface area contributed by atoms with Gasteiger partial charge in [-0.25, -0.2) is 4.98 Å². The minimum absolute atomic E-state index is 0.0844. The van der Waals surface area contributed by atoms with Crippen molar-refractivity contribution in [2.75, 3.05) is 18.2 Å². The maximum Gasteiger partial charge on any atom is 0.255 e. The van der Waals surface area contributed by atoms with Gasteiger partial charge in [-0.1, -0.05) is 42.5 Å². The molecule has 1 fully saturated rings. The number of benzene rings is 2. The largest absolute Gasteiger partial charge is 0.354 e. The number of nitrogens with zero attached hydrogens (tertiary/aromatic N) is 2. The Bertz CT molecular complexity index is 1020. The van der Waals surface area contributed by atoms with Crippen molar-refractivity contribution in [3.05, 3.63) is 76.1 Å². The molecule has 30 heavy (non-hydrogen) atoms. The summed E-state index contributed by atoms with van der Waals surface area (Å²) in [6, 6.07) is 17.0. The van der Waals surface area contributed by atoms with E-state index in [0.717, 1.165) is 28.2 Å². The standard InChI is InChI=1S/C23H23N3O2S2/c1-16-25-20(13-30-16)18-9-7-17(8-10-18)11-12-24-22(27)21-14-29-15-26(21)23(28)19-5-3-2-4-6-19/h2-10,13,21H,11-12,14-15H2,1H3,(H,24,27)/t21-/m0/s1. The molecule has 5 nitrogen and oxygen atoms in total. The quantitative estimate of drug-likeness (QED) is 0.633. The van der Waals surface area contributed by atoms with Gasteiger partial charge in [0.1, 0.15) is 6.04 Å². The Hall–Kier alpha value is -2.64. The highest BCUT2D eigenvalue weighted by molar-refractivity contribution is 7.99. The molecule has 1 aliphatic heterocycles. The van der Waals surface area contributed by atoms with Crippen LogP contribution in [0.15, 0.2) is 60.0 Å². The van der Waals surface area contributed by atoms with E-state index < -0.39 is 6.04 Å². The number of thiazole rings is 1. The molecule has 0 bridgehead atoms. The van der Waals surface area contributed by atoms with Gasteiger partial charge in [0.05, 0.1) is 16.6 Å². The van der Waals surface area contributed by atoms with Crippen LogP contribution in [0.2, 0.25) is 0 Å². The van der Waals surface area contributed by atoms with Crippen LogP contribution in [0.25, 0.3) is 11.3 Å². The number of nitrogens with one attached hydrogen (secondary N) is 1. The molecule has 1 aliphatic rings. The number of aromatic nitrogens is 1. The number of rotatable bonds is 6. The maximum atomic E-state index is 12.7. The van der Waals surface area contributed by atoms with Crippen LogP contribution in [-0.2, 0) is 11.2 Å². The maximum absolute atomic E-state index is 12.7. The number of hydrogen-bond acceptors (Lipinski definition) is 5. The molecule has 0 unspecified atom stereocenters. The SMILES string of the molecule is Cc1nc(-c2ccc(CCNC(=O)[C@@H]3CSCN3C(=O)c3ccccc3)cc2)cs1. The molecule has 2 aromatic carbocycles. The molecule has 1 saturated heterocycles. The minimum atomic E-state index is -0.419. The Balaban J connectivity index is 1.30. The van der Waals surface area contributed by atoms with Crippen molar-refractivity contribution in [2.45, 2.75) is 19.4 Å². The summed E-state index contributed by atoms with van der Waals surface area (Å²) in [5, 5.41) is 6.12. The fourth-order valence-corrected chi connectivity index (χ4v) is 5.17. The lowest BCUT2D eigenvalue weighted by molar-refractivity contribution is -0.124. The molecular formula is C23H23N3O2S2. The molecular weight excluding hydrogens is 414 g/mol. The van der Waals surface area contributed by atoms with E-state index in [-0.39, 0.29) is 11.8 Å². The van der Waals surface area contributed by atoms with E-state index in [2.05, 4.69) is 39.9 Å². The summed E-state index contributed by atoms with van der Waals surface area (Å²) < 4.78 is 0. The van der Waals surface area contributed by atoms with Crippen molar-refractivity contribution in [3.8, 4) is 11.3 Å². The Kier molecular flexibility index (Phi) is 6.50. The predicted octanol–water partition coefficient (Wildman–Crippen LogP) is 3.99. The molecule has 4 rings (SSSR count). The zero-order valence-electron chi connectivity index (χ0n) is 16.7. The average Bonchev–Trinajstić information content (AvgIpc) is 3.44. The fourth-order valence-electron chi connectivity index (χ4n) is 3.39. The zero-order chi connectivity index (χ0) is 20.9. The first-order valence-corrected chi connectivity index (χ1v) is 11.9. The van der Waals surface area contributed by atoms with Crippen LogP contribution in [0.4, 0.5) is 0 Å². The molecule has 2 amide bonds. The third-order valence-corrected chi connectivity index (χ3v) is 6.83. The van der Waals surface area contributed by atoms with Crippen LogP contribution in [0, 0.1) is 6.92 Å². The third-order valence-electron chi connectivity index (χ3n) is 5.05. The molecule has 2 heterocycles. The molecule has 1 N–H and O–H groups in total. The average molecular weight is 438 g/mol. The van der Waals surface area contributed by atoms with E-state index in [1.807, 2.05) is 25.1 Å². The summed E-state index contributed by atoms with van der Waals surface area (Å²) in [7, 11) is 0. The Morgan fingerprint density at radius 2 is 1.90 bits per heavy atom. The van der Waals surface area contributed by atoms with Crippen LogP contribution >= 0.6 is 23.1 Å². The molecule has 0 radical (unpaired) electrons. The second-order valence-electron chi connectivity index (χ2n) is 7.15. The molecule has 0 spiro atoms. The van der Waals surface area contributed by atoms with Gasteiger partial charge in [0.25, 0.3) is 5.91 Å². The first-order chi connectivity index (χ1) is 14.6. The van der Waals surface area contributed by atoms with Crippen molar-refractivity contribution in [1.82, 2.24) is 15.2 Å². The smallest absolute Gasteiger partial charge is 0.255 e. The molecule has 1 aromatic heterocycles. The van der Waals surface area contributed by atoms with Crippen molar-refractivity contribution in [1.29, 1.82) is 0 Å². The Morgan fingerprint density at radius 3 is 2.60 bits per heavy atom. The lowest BCUT2D eigenvalue weighted by Crippen LogP contribution is -2.47. The summed E-state index contributed by atoms with van der Waals surface area (Å²) >= 11 is 3.26. The molecule has 1 atom stereocenters. The van der Waals surface area contributed by atoms with E-state index in [1.165, 1.54) is 0 Å². The summed E-state index contributed by atoms with van der Waals surface area (Å²) in [6.07, 6.45) is 0.745. The highest BCUT2D eigenvalue weighted by Crippen LogP contribution is 2.24. The summed E-state index contributed by atoms with van der Waals surface area (Å²) in [5.41, 5.74) is 3.88. The summed E-state index contributed by atoms with van der Waals surface area (Å²) in [4.78, 5) is 31.6. The van der Waals surface area contributed by atoms with Gasteiger partial charge in [-0.15, -0.1) is 23.1 Å². The van der Waals surface area contributed by atoms with Gasteiger partial charge in [-0.3, -0.25) is 9.59 Å². The van der Waals surface area contributed by atoms with Crippen molar-refractivity contribution >= 4 is 34.9 Å². The van der Waals surface area contributed by atoms with Gasteiger partial charge in [0, 0.05) is 28.8 Å². The minimum Gasteiger partial charge on any atom is -0.354 e. The second-order valence-corrected chi connectivity index (χ2v) is 9.21. The highest BCUT2D eigenvalue weighted by Gasteiger charge is 2.34. The van der Waals surface area contributed by atoms with Gasteiger partial charge in [-0.2, -0.15) is 0 Å². The van der Waals surface area contributed by atoms with Crippen LogP contribution in [0.3, 0.4) is 0 Å². The Labute approximate surface area is 184 Å². The number of aryl methyl sites for hydroxylation is 1. The van der Waals surface area contributed by atoms with Crippen LogP contribution in [0.1, 0.15) is 20.9 Å². The summed E-state index contributed by atoms with van der Waals surface area (Å²) in [5.74, 6) is 1.00. The van der Waals surface area contributed by atoms with Gasteiger partial charge in [-0.05, 0) is 31.0 Å². The van der Waals surface area contributed by atoms with Crippen LogP contribution in [0.5, 0.6) is 0 Å². The third kappa shape index (κ3) is 4.74. The first-order valence-electron chi connectivity index (χ1n) is 9.85. The van der Waals surface area contributed by atoms with Gasteiger partial charge < -0.3 is 10.2 Å². The van der Waals surface area contributed by atoms with Crippen LogP contribution < -0.4 is 5.32 Å². The van der Waals surface area contributed by atoms with E-state index in [1.54, 1.807) is 40.1 Å². The monoisotopic (exact) mass is 437 g/mol. The Morgan fingerprint density at radius 1 is 1.13 bits per heavy atom. The van der Waals surface area contributed by atoms with E-state index in [4.69, 9.17) is 0 Å². The van der Waals surface area contributed by atoms with E-state index >= 15 is 0 Å². The first kappa shape index (κ1) is 20.6. The number of thioether (sulfide) groups is 1. The summed E-state index contributed by atoms with van der Waals surface area (Å²) in [6.45, 7) is 2.55. The fraction of sp³-hybridized carbons (Fsp3) is 0.261. The van der Waals surface area contributed by atoms with Gasteiger partial charge in [0.15, 0.2) is 0 Å². The number of carbonyl (C=O) groups excluding carboxylic acids is 2. The number of amides is 2. The van der Waals surface area contributed by atoms with Gasteiger partial charge >= 0.3 is 0 Å². The van der Waals surface area contributed by atoms with Crippen molar-refractivity contribution in [3.63, 3.8) is 0 Å². The molecule has 7 heteroatoms. The number of carbonyl (C=O) groups is 2. The lowest BCUT2D eigenvalue weighted by Gasteiger charge is -2.23. The molecule has 3 aromatic rings. The van der Waals surface area contributed by atoms with Crippen molar-refractivity contribution < 1.29 is 9.59 Å². The van der Waals surface area contributed by atoms with Crippen LogP contribution in [-0.4, -0.2) is 45.9 Å². The topological polar surface area (TPSA) is 62.3 Å². The van der Waals surface area contributed by atoms with Crippen molar-refractivity contribution in [2.24, 2.45) is 0 Å². The molecule has 0 aliphatic carbocycles. The highest BCUT2D eigenvalue weighted by atomic mass is 32.2.